The summed E-state index contributed by atoms with van der Waals surface area (Å²) in [6, 6.07) is 6.37. The minimum atomic E-state index is 0.386. The third kappa shape index (κ3) is 2.17. The third-order valence-corrected chi connectivity index (χ3v) is 4.59. The van der Waals surface area contributed by atoms with Crippen LogP contribution in [-0.2, 0) is 0 Å². The predicted octanol–water partition coefficient (Wildman–Crippen LogP) is 2.84. The van der Waals surface area contributed by atoms with E-state index in [1.165, 1.54) is 6.42 Å². The van der Waals surface area contributed by atoms with E-state index in [0.717, 1.165) is 35.0 Å². The topological polar surface area (TPSA) is 69.6 Å². The Kier molecular flexibility index (Phi) is 3.20. The van der Waals surface area contributed by atoms with Crippen LogP contribution in [-0.4, -0.2) is 20.2 Å². The van der Waals surface area contributed by atoms with E-state index in [9.17, 15) is 0 Å². The zero-order valence-corrected chi connectivity index (χ0v) is 12.2. The van der Waals surface area contributed by atoms with Crippen molar-refractivity contribution in [2.75, 3.05) is 5.73 Å². The fourth-order valence-corrected chi connectivity index (χ4v) is 3.23. The molecule has 0 aliphatic heterocycles. The molecule has 1 heterocycles. The van der Waals surface area contributed by atoms with Gasteiger partial charge in [-0.05, 0) is 65.8 Å². The number of rotatable bonds is 2. The second kappa shape index (κ2) is 4.89. The molecule has 1 aliphatic carbocycles. The average molecular weight is 271 g/mol. The van der Waals surface area contributed by atoms with Gasteiger partial charge in [-0.1, -0.05) is 13.8 Å². The molecule has 0 radical (unpaired) electrons. The smallest absolute Gasteiger partial charge is 0.182 e. The van der Waals surface area contributed by atoms with Crippen molar-refractivity contribution in [2.45, 2.75) is 39.7 Å². The highest BCUT2D eigenvalue weighted by molar-refractivity contribution is 5.62. The number of hydrogen-bond acceptors (Lipinski definition) is 4. The Morgan fingerprint density at radius 2 is 2.00 bits per heavy atom. The third-order valence-electron chi connectivity index (χ3n) is 4.59. The fraction of sp³-hybridized carbons (Fsp3) is 0.533. The Morgan fingerprint density at radius 3 is 2.65 bits per heavy atom. The first-order valence-corrected chi connectivity index (χ1v) is 7.21. The minimum absolute atomic E-state index is 0.386. The van der Waals surface area contributed by atoms with Gasteiger partial charge in [-0.15, -0.1) is 5.10 Å². The molecule has 3 atom stereocenters. The number of nitrogens with two attached hydrogens (primary N) is 1. The second-order valence-electron chi connectivity index (χ2n) is 6.06. The Bertz CT molecular complexity index is 598. The van der Waals surface area contributed by atoms with E-state index in [1.807, 2.05) is 23.7 Å². The molecule has 1 aromatic heterocycles. The first-order chi connectivity index (χ1) is 9.56. The highest BCUT2D eigenvalue weighted by Gasteiger charge is 2.33. The van der Waals surface area contributed by atoms with Crippen molar-refractivity contribution < 1.29 is 0 Å². The lowest BCUT2D eigenvalue weighted by atomic mass is 9.97. The van der Waals surface area contributed by atoms with E-state index >= 15 is 0 Å². The number of anilines is 1. The number of hydrogen-bond donors (Lipinski definition) is 1. The molecule has 1 aliphatic rings. The molecule has 0 spiro atoms. The molecule has 0 saturated heterocycles. The SMILES string of the molecule is Cc1cc(N)cc(-c2nnnn2C2CCC(C)C2C)c1. The number of nitrogens with zero attached hydrogens (tertiary/aromatic N) is 4. The van der Waals surface area contributed by atoms with Gasteiger partial charge in [0, 0.05) is 11.3 Å². The molecule has 106 valence electrons. The monoisotopic (exact) mass is 271 g/mol. The summed E-state index contributed by atoms with van der Waals surface area (Å²) < 4.78 is 1.99. The summed E-state index contributed by atoms with van der Waals surface area (Å²) in [5.41, 5.74) is 8.82. The molecule has 0 bridgehead atoms. The van der Waals surface area contributed by atoms with Crippen molar-refractivity contribution in [3.05, 3.63) is 23.8 Å². The van der Waals surface area contributed by atoms with Crippen molar-refractivity contribution in [2.24, 2.45) is 11.8 Å². The predicted molar refractivity (Wildman–Crippen MR) is 79.0 cm³/mol. The Morgan fingerprint density at radius 1 is 1.20 bits per heavy atom. The number of nitrogen functional groups attached to an aromatic ring is 1. The number of aryl methyl sites for hydroxylation is 1. The molecule has 5 nitrogen and oxygen atoms in total. The lowest BCUT2D eigenvalue weighted by Gasteiger charge is -2.19. The van der Waals surface area contributed by atoms with E-state index < -0.39 is 0 Å². The number of tetrazole rings is 1. The zero-order valence-electron chi connectivity index (χ0n) is 12.2. The van der Waals surface area contributed by atoms with Gasteiger partial charge in [0.05, 0.1) is 6.04 Å². The molecule has 1 fully saturated rings. The molecule has 3 rings (SSSR count). The largest absolute Gasteiger partial charge is 0.399 e. The van der Waals surface area contributed by atoms with Crippen LogP contribution in [0.2, 0.25) is 0 Å². The first-order valence-electron chi connectivity index (χ1n) is 7.21. The minimum Gasteiger partial charge on any atom is -0.399 e. The molecule has 2 N–H and O–H groups in total. The maximum absolute atomic E-state index is 5.94. The molecule has 3 unspecified atom stereocenters. The molecule has 20 heavy (non-hydrogen) atoms. The summed E-state index contributed by atoms with van der Waals surface area (Å²) in [5.74, 6) is 2.14. The maximum atomic E-state index is 5.94. The van der Waals surface area contributed by atoms with Crippen LogP contribution in [0.4, 0.5) is 5.69 Å². The average Bonchev–Trinajstić information content (AvgIpc) is 2.97. The van der Waals surface area contributed by atoms with Crippen LogP contribution in [0.25, 0.3) is 11.4 Å². The summed E-state index contributed by atoms with van der Waals surface area (Å²) in [6.07, 6.45) is 2.38. The Hall–Kier alpha value is -1.91. The van der Waals surface area contributed by atoms with E-state index in [0.29, 0.717) is 12.0 Å². The molecular formula is C15H21N5. The van der Waals surface area contributed by atoms with E-state index in [1.54, 1.807) is 0 Å². The van der Waals surface area contributed by atoms with Crippen LogP contribution < -0.4 is 5.73 Å². The second-order valence-corrected chi connectivity index (χ2v) is 6.06. The van der Waals surface area contributed by atoms with Crippen molar-refractivity contribution in [1.29, 1.82) is 0 Å². The van der Waals surface area contributed by atoms with Crippen molar-refractivity contribution in [3.63, 3.8) is 0 Å². The first kappa shape index (κ1) is 13.1. The summed E-state index contributed by atoms with van der Waals surface area (Å²) in [6.45, 7) is 6.63. The van der Waals surface area contributed by atoms with Crippen molar-refractivity contribution in [1.82, 2.24) is 20.2 Å². The normalized spacial score (nSPS) is 26.1. The highest BCUT2D eigenvalue weighted by Crippen LogP contribution is 2.40. The quantitative estimate of drug-likeness (QED) is 0.853. The van der Waals surface area contributed by atoms with Gasteiger partial charge in [0.1, 0.15) is 0 Å². The van der Waals surface area contributed by atoms with Gasteiger partial charge < -0.3 is 5.73 Å². The molecule has 5 heteroatoms. The van der Waals surface area contributed by atoms with Crippen molar-refractivity contribution >= 4 is 5.69 Å². The Balaban J connectivity index is 2.02. The van der Waals surface area contributed by atoms with E-state index in [4.69, 9.17) is 5.73 Å². The summed E-state index contributed by atoms with van der Waals surface area (Å²) in [5, 5.41) is 12.3. The highest BCUT2D eigenvalue weighted by atomic mass is 15.6. The van der Waals surface area contributed by atoms with Gasteiger partial charge in [-0.25, -0.2) is 4.68 Å². The lowest BCUT2D eigenvalue weighted by molar-refractivity contribution is 0.328. The van der Waals surface area contributed by atoms with Crippen molar-refractivity contribution in [3.8, 4) is 11.4 Å². The molecule has 1 aromatic carbocycles. The summed E-state index contributed by atoms with van der Waals surface area (Å²) in [4.78, 5) is 0. The van der Waals surface area contributed by atoms with Gasteiger partial charge in [-0.3, -0.25) is 0 Å². The van der Waals surface area contributed by atoms with Crippen LogP contribution >= 0.6 is 0 Å². The van der Waals surface area contributed by atoms with Gasteiger partial charge in [-0.2, -0.15) is 0 Å². The lowest BCUT2D eigenvalue weighted by Crippen LogP contribution is -2.17. The standard InChI is InChI=1S/C15H21N5/c1-9-6-12(8-13(16)7-9)15-17-18-19-20(15)14-5-4-10(2)11(14)3/h6-8,10-11,14H,4-5,16H2,1-3H3. The maximum Gasteiger partial charge on any atom is 0.182 e. The van der Waals surface area contributed by atoms with Crippen LogP contribution in [0, 0.1) is 18.8 Å². The van der Waals surface area contributed by atoms with Gasteiger partial charge in [0.15, 0.2) is 5.82 Å². The van der Waals surface area contributed by atoms with Gasteiger partial charge in [0.2, 0.25) is 0 Å². The molecular weight excluding hydrogens is 250 g/mol. The zero-order chi connectivity index (χ0) is 14.3. The summed E-state index contributed by atoms with van der Waals surface area (Å²) >= 11 is 0. The van der Waals surface area contributed by atoms with Crippen LogP contribution in [0.15, 0.2) is 18.2 Å². The van der Waals surface area contributed by atoms with E-state index in [2.05, 4.69) is 35.4 Å². The van der Waals surface area contributed by atoms with Crippen LogP contribution in [0.1, 0.15) is 38.3 Å². The van der Waals surface area contributed by atoms with Gasteiger partial charge in [0.25, 0.3) is 0 Å². The molecule has 0 amide bonds. The molecule has 1 saturated carbocycles. The number of aromatic nitrogens is 4. The number of benzene rings is 1. The van der Waals surface area contributed by atoms with Crippen LogP contribution in [0.3, 0.4) is 0 Å². The fourth-order valence-electron chi connectivity index (χ4n) is 3.23. The van der Waals surface area contributed by atoms with Gasteiger partial charge >= 0.3 is 0 Å². The Labute approximate surface area is 119 Å². The van der Waals surface area contributed by atoms with E-state index in [-0.39, 0.29) is 0 Å². The van der Waals surface area contributed by atoms with Crippen LogP contribution in [0.5, 0.6) is 0 Å². The molecule has 2 aromatic rings. The summed E-state index contributed by atoms with van der Waals surface area (Å²) in [7, 11) is 0.